The van der Waals surface area contributed by atoms with Crippen LogP contribution in [0.5, 0.6) is 0 Å². The summed E-state index contributed by atoms with van der Waals surface area (Å²) in [5.74, 6) is -1.06. The Morgan fingerprint density at radius 3 is 2.00 bits per heavy atom. The molecule has 1 atom stereocenters. The van der Waals surface area contributed by atoms with Crippen molar-refractivity contribution in [3.63, 3.8) is 0 Å². The number of hydrogen-bond donors (Lipinski definition) is 1. The molecule has 0 fully saturated rings. The summed E-state index contributed by atoms with van der Waals surface area (Å²) in [4.78, 5) is 26.0. The summed E-state index contributed by atoms with van der Waals surface area (Å²) in [6, 6.07) is 26.0. The van der Waals surface area contributed by atoms with Gasteiger partial charge in [-0.05, 0) is 36.4 Å². The summed E-state index contributed by atoms with van der Waals surface area (Å²) in [6.45, 7) is 0. The second-order valence-corrected chi connectivity index (χ2v) is 10.8. The van der Waals surface area contributed by atoms with E-state index in [1.54, 1.807) is 60.7 Å². The molecule has 1 N–H and O–H groups in total. The molecular formula is C25H18ClNO5S2. The first kappa shape index (κ1) is 23.7. The van der Waals surface area contributed by atoms with Gasteiger partial charge in [0.1, 0.15) is 4.21 Å². The molecular weight excluding hydrogens is 494 g/mol. The van der Waals surface area contributed by atoms with E-state index in [9.17, 15) is 18.0 Å². The highest BCUT2D eigenvalue weighted by atomic mass is 35.5. The second kappa shape index (κ2) is 10.2. The highest BCUT2D eigenvalue weighted by Gasteiger charge is 2.26. The van der Waals surface area contributed by atoms with Gasteiger partial charge in [0.15, 0.2) is 6.10 Å². The number of hydrogen-bond acceptors (Lipinski definition) is 6. The number of thiophene rings is 1. The summed E-state index contributed by atoms with van der Waals surface area (Å²) in [5, 5.41) is 0. The Morgan fingerprint density at radius 2 is 1.41 bits per heavy atom. The number of ether oxygens (including phenoxy) is 1. The molecule has 1 heterocycles. The molecule has 0 saturated heterocycles. The highest BCUT2D eigenvalue weighted by Crippen LogP contribution is 2.28. The van der Waals surface area contributed by atoms with E-state index >= 15 is 0 Å². The van der Waals surface area contributed by atoms with Crippen molar-refractivity contribution >= 4 is 50.4 Å². The van der Waals surface area contributed by atoms with Gasteiger partial charge < -0.3 is 4.74 Å². The lowest BCUT2D eigenvalue weighted by Gasteiger charge is -2.17. The average Bonchev–Trinajstić information content (AvgIpc) is 3.31. The number of carbonyl (C=O) groups is 2. The Labute approximate surface area is 205 Å². The summed E-state index contributed by atoms with van der Waals surface area (Å²) >= 11 is 6.76. The fourth-order valence-corrected chi connectivity index (χ4v) is 5.69. The zero-order valence-electron chi connectivity index (χ0n) is 17.6. The van der Waals surface area contributed by atoms with E-state index in [1.165, 1.54) is 36.4 Å². The van der Waals surface area contributed by atoms with Gasteiger partial charge >= 0.3 is 5.97 Å². The number of benzene rings is 3. The number of sulfonamides is 1. The third-order valence-corrected chi connectivity index (χ3v) is 7.91. The van der Waals surface area contributed by atoms with Crippen molar-refractivity contribution in [2.75, 3.05) is 4.72 Å². The number of halogens is 1. The fraction of sp³-hybridized carbons (Fsp3) is 0.0400. The van der Waals surface area contributed by atoms with Crippen LogP contribution in [-0.2, 0) is 14.8 Å². The van der Waals surface area contributed by atoms with Crippen LogP contribution in [0.4, 0.5) is 5.69 Å². The number of nitrogens with one attached hydrogen (secondary N) is 1. The van der Waals surface area contributed by atoms with E-state index in [-0.39, 0.29) is 21.2 Å². The largest absolute Gasteiger partial charge is 0.445 e. The van der Waals surface area contributed by atoms with Crippen LogP contribution in [0.2, 0.25) is 4.34 Å². The van der Waals surface area contributed by atoms with Crippen molar-refractivity contribution in [1.29, 1.82) is 0 Å². The molecule has 9 heteroatoms. The first-order valence-electron chi connectivity index (χ1n) is 10.1. The predicted molar refractivity (Wildman–Crippen MR) is 132 cm³/mol. The van der Waals surface area contributed by atoms with Crippen LogP contribution in [0.3, 0.4) is 0 Å². The predicted octanol–water partition coefficient (Wildman–Crippen LogP) is 5.98. The van der Waals surface area contributed by atoms with Crippen molar-refractivity contribution in [3.8, 4) is 0 Å². The molecule has 4 aromatic rings. The molecule has 3 aromatic carbocycles. The van der Waals surface area contributed by atoms with E-state index in [4.69, 9.17) is 16.3 Å². The molecule has 0 spiro atoms. The lowest BCUT2D eigenvalue weighted by atomic mass is 10.00. The van der Waals surface area contributed by atoms with E-state index in [0.29, 0.717) is 15.5 Å². The van der Waals surface area contributed by atoms with E-state index in [2.05, 4.69) is 4.72 Å². The van der Waals surface area contributed by atoms with Gasteiger partial charge in [-0.2, -0.15) is 0 Å². The minimum Gasteiger partial charge on any atom is -0.445 e. The van der Waals surface area contributed by atoms with Crippen molar-refractivity contribution in [2.24, 2.45) is 0 Å². The van der Waals surface area contributed by atoms with Gasteiger partial charge in [0.25, 0.3) is 10.0 Å². The van der Waals surface area contributed by atoms with Gasteiger partial charge in [0, 0.05) is 16.8 Å². The van der Waals surface area contributed by atoms with Crippen LogP contribution < -0.4 is 4.72 Å². The number of Topliss-reactive ketones (excluding diaryl/α,β-unsaturated/α-hetero) is 1. The fourth-order valence-electron chi connectivity index (χ4n) is 3.15. The Balaban J connectivity index is 1.52. The minimum absolute atomic E-state index is 0.0751. The highest BCUT2D eigenvalue weighted by molar-refractivity contribution is 7.94. The molecule has 6 nitrogen and oxygen atoms in total. The normalized spacial score (nSPS) is 12.0. The van der Waals surface area contributed by atoms with Crippen LogP contribution >= 0.6 is 22.9 Å². The number of carbonyl (C=O) groups excluding carboxylic acids is 2. The monoisotopic (exact) mass is 511 g/mol. The summed E-state index contributed by atoms with van der Waals surface area (Å²) in [5.41, 5.74) is 1.40. The molecule has 0 aliphatic carbocycles. The zero-order valence-corrected chi connectivity index (χ0v) is 19.9. The Bertz CT molecular complexity index is 1400. The first-order chi connectivity index (χ1) is 16.3. The third-order valence-electron chi connectivity index (χ3n) is 4.81. The second-order valence-electron chi connectivity index (χ2n) is 7.17. The number of esters is 1. The Kier molecular flexibility index (Phi) is 7.12. The molecule has 0 bridgehead atoms. The van der Waals surface area contributed by atoms with Gasteiger partial charge in [-0.1, -0.05) is 72.3 Å². The van der Waals surface area contributed by atoms with Crippen LogP contribution in [0.15, 0.2) is 101 Å². The molecule has 1 aromatic heterocycles. The molecule has 0 aliphatic heterocycles. The molecule has 0 amide bonds. The van der Waals surface area contributed by atoms with Crippen molar-refractivity contribution in [2.45, 2.75) is 10.3 Å². The van der Waals surface area contributed by atoms with Crippen molar-refractivity contribution in [1.82, 2.24) is 0 Å². The molecule has 34 heavy (non-hydrogen) atoms. The van der Waals surface area contributed by atoms with Crippen molar-refractivity contribution < 1.29 is 22.7 Å². The molecule has 0 radical (unpaired) electrons. The summed E-state index contributed by atoms with van der Waals surface area (Å²) < 4.78 is 33.4. The number of ketones is 1. The lowest BCUT2D eigenvalue weighted by molar-refractivity contribution is 0.0280. The molecule has 4 rings (SSSR count). The third kappa shape index (κ3) is 5.53. The lowest BCUT2D eigenvalue weighted by Crippen LogP contribution is -2.20. The minimum atomic E-state index is -3.80. The molecule has 1 unspecified atom stereocenters. The number of rotatable bonds is 8. The van der Waals surface area contributed by atoms with Gasteiger partial charge in [0.05, 0.1) is 9.90 Å². The Hall–Kier alpha value is -3.46. The SMILES string of the molecule is O=C(OC(C(=O)c1ccccc1)c1ccccc1)c1ccc(NS(=O)(=O)c2ccc(Cl)s2)cc1. The summed E-state index contributed by atoms with van der Waals surface area (Å²) in [7, 11) is -3.80. The zero-order chi connectivity index (χ0) is 24.1. The maximum absolute atomic E-state index is 13.1. The van der Waals surface area contributed by atoms with E-state index in [0.717, 1.165) is 11.3 Å². The van der Waals surface area contributed by atoms with Crippen molar-refractivity contribution in [3.05, 3.63) is 118 Å². The van der Waals surface area contributed by atoms with Crippen LogP contribution in [0.1, 0.15) is 32.4 Å². The van der Waals surface area contributed by atoms with Gasteiger partial charge in [-0.25, -0.2) is 13.2 Å². The van der Waals surface area contributed by atoms with Crippen LogP contribution in [0, 0.1) is 0 Å². The van der Waals surface area contributed by atoms with Gasteiger partial charge in [-0.3, -0.25) is 9.52 Å². The van der Waals surface area contributed by atoms with Gasteiger partial charge in [0.2, 0.25) is 5.78 Å². The topological polar surface area (TPSA) is 89.5 Å². The first-order valence-corrected chi connectivity index (χ1v) is 12.7. The number of anilines is 1. The molecule has 0 aliphatic rings. The maximum Gasteiger partial charge on any atom is 0.339 e. The quantitative estimate of drug-likeness (QED) is 0.232. The molecule has 172 valence electrons. The Morgan fingerprint density at radius 1 is 0.794 bits per heavy atom. The van der Waals surface area contributed by atoms with E-state index < -0.39 is 22.1 Å². The maximum atomic E-state index is 13.1. The average molecular weight is 512 g/mol. The standard InChI is InChI=1S/C25H18ClNO5S2/c26-21-15-16-22(33-21)34(30,31)27-20-13-11-19(12-14-20)25(29)32-24(18-9-5-2-6-10-18)23(28)17-7-3-1-4-8-17/h1-16,24,27H. The van der Waals surface area contributed by atoms with Gasteiger partial charge in [-0.15, -0.1) is 11.3 Å². The van der Waals surface area contributed by atoms with Crippen LogP contribution in [-0.4, -0.2) is 20.2 Å². The van der Waals surface area contributed by atoms with E-state index in [1.807, 2.05) is 0 Å². The van der Waals surface area contributed by atoms with Crippen LogP contribution in [0.25, 0.3) is 0 Å². The smallest absolute Gasteiger partial charge is 0.339 e. The molecule has 0 saturated carbocycles. The summed E-state index contributed by atoms with van der Waals surface area (Å²) in [6.07, 6.45) is -1.13.